The van der Waals surface area contributed by atoms with Crippen molar-refractivity contribution >= 4 is 5.91 Å². The Balaban J connectivity index is 1.76. The number of rotatable bonds is 7. The molecule has 1 aliphatic carbocycles. The molecule has 110 valence electrons. The Morgan fingerprint density at radius 1 is 1.25 bits per heavy atom. The predicted octanol–water partition coefficient (Wildman–Crippen LogP) is 2.55. The van der Waals surface area contributed by atoms with E-state index in [2.05, 4.69) is 5.32 Å². The van der Waals surface area contributed by atoms with E-state index in [0.717, 1.165) is 23.5 Å². The lowest BCUT2D eigenvalue weighted by Crippen LogP contribution is -2.29. The Morgan fingerprint density at radius 2 is 2.00 bits per heavy atom. The van der Waals surface area contributed by atoms with Gasteiger partial charge in [-0.3, -0.25) is 4.79 Å². The van der Waals surface area contributed by atoms with Gasteiger partial charge in [0.05, 0.1) is 14.2 Å². The normalized spacial score (nSPS) is 14.5. The van der Waals surface area contributed by atoms with E-state index < -0.39 is 0 Å². The van der Waals surface area contributed by atoms with Crippen LogP contribution in [0.25, 0.3) is 0 Å². The van der Waals surface area contributed by atoms with Crippen LogP contribution in [0.5, 0.6) is 11.5 Å². The highest BCUT2D eigenvalue weighted by atomic mass is 16.5. The second kappa shape index (κ2) is 7.17. The van der Waals surface area contributed by atoms with Crippen LogP contribution in [-0.4, -0.2) is 26.7 Å². The molecule has 2 rings (SSSR count). The quantitative estimate of drug-likeness (QED) is 0.833. The van der Waals surface area contributed by atoms with E-state index in [1.54, 1.807) is 14.2 Å². The monoisotopic (exact) mass is 277 g/mol. The van der Waals surface area contributed by atoms with Crippen LogP contribution in [0, 0.1) is 5.92 Å². The molecule has 0 aromatic heterocycles. The Kier molecular flexibility index (Phi) is 5.27. The lowest BCUT2D eigenvalue weighted by Gasteiger charge is -2.24. The maximum absolute atomic E-state index is 11.7. The zero-order valence-corrected chi connectivity index (χ0v) is 12.3. The Hall–Kier alpha value is -1.71. The van der Waals surface area contributed by atoms with Gasteiger partial charge in [-0.15, -0.1) is 0 Å². The van der Waals surface area contributed by atoms with Crippen molar-refractivity contribution in [3.63, 3.8) is 0 Å². The highest BCUT2D eigenvalue weighted by molar-refractivity contribution is 5.76. The maximum atomic E-state index is 11.7. The van der Waals surface area contributed by atoms with Crippen molar-refractivity contribution in [2.75, 3.05) is 20.8 Å². The Bertz CT molecular complexity index is 455. The van der Waals surface area contributed by atoms with Crippen LogP contribution in [0.3, 0.4) is 0 Å². The summed E-state index contributed by atoms with van der Waals surface area (Å²) in [5.41, 5.74) is 1.13. The molecule has 0 unspecified atom stereocenters. The highest BCUT2D eigenvalue weighted by Gasteiger charge is 2.20. The van der Waals surface area contributed by atoms with E-state index in [1.165, 1.54) is 19.3 Å². The summed E-state index contributed by atoms with van der Waals surface area (Å²) in [6.07, 6.45) is 5.19. The zero-order valence-electron chi connectivity index (χ0n) is 12.3. The zero-order chi connectivity index (χ0) is 14.4. The molecule has 4 nitrogen and oxygen atoms in total. The first-order valence-electron chi connectivity index (χ1n) is 7.20. The Labute approximate surface area is 120 Å². The van der Waals surface area contributed by atoms with Gasteiger partial charge < -0.3 is 14.8 Å². The number of nitrogens with one attached hydrogen (secondary N) is 1. The van der Waals surface area contributed by atoms with Crippen LogP contribution in [0.1, 0.15) is 31.2 Å². The summed E-state index contributed by atoms with van der Waals surface area (Å²) in [5.74, 6) is 2.25. The first kappa shape index (κ1) is 14.7. The summed E-state index contributed by atoms with van der Waals surface area (Å²) in [6.45, 7) is 0.668. The molecule has 0 spiro atoms. The lowest BCUT2D eigenvalue weighted by atomic mass is 9.83. The molecule has 0 heterocycles. The van der Waals surface area contributed by atoms with E-state index in [4.69, 9.17) is 9.47 Å². The molecular weight excluding hydrogens is 254 g/mol. The van der Waals surface area contributed by atoms with Crippen molar-refractivity contribution in [3.05, 3.63) is 23.8 Å². The molecule has 20 heavy (non-hydrogen) atoms. The van der Waals surface area contributed by atoms with Gasteiger partial charge in [-0.2, -0.15) is 0 Å². The lowest BCUT2D eigenvalue weighted by molar-refractivity contribution is -0.122. The maximum Gasteiger partial charge on any atom is 0.220 e. The molecule has 0 atom stereocenters. The van der Waals surface area contributed by atoms with Crippen LogP contribution < -0.4 is 14.8 Å². The Morgan fingerprint density at radius 3 is 2.60 bits per heavy atom. The third-order valence-electron chi connectivity index (χ3n) is 3.88. The van der Waals surface area contributed by atoms with Crippen molar-refractivity contribution in [3.8, 4) is 11.5 Å². The number of hydrogen-bond acceptors (Lipinski definition) is 3. The van der Waals surface area contributed by atoms with Gasteiger partial charge in [0.25, 0.3) is 0 Å². The molecule has 1 aromatic rings. The van der Waals surface area contributed by atoms with Gasteiger partial charge >= 0.3 is 0 Å². The molecule has 1 amide bonds. The van der Waals surface area contributed by atoms with Gasteiger partial charge in [-0.1, -0.05) is 12.5 Å². The fourth-order valence-corrected chi connectivity index (χ4v) is 2.41. The largest absolute Gasteiger partial charge is 0.493 e. The van der Waals surface area contributed by atoms with Crippen molar-refractivity contribution < 1.29 is 14.3 Å². The van der Waals surface area contributed by atoms with Crippen LogP contribution in [-0.2, 0) is 11.2 Å². The molecule has 1 aromatic carbocycles. The smallest absolute Gasteiger partial charge is 0.220 e. The van der Waals surface area contributed by atoms with E-state index in [-0.39, 0.29) is 5.91 Å². The third-order valence-corrected chi connectivity index (χ3v) is 3.88. The predicted molar refractivity (Wildman–Crippen MR) is 78.2 cm³/mol. The standard InChI is InChI=1S/C16H23NO3/c1-19-14-7-6-13(10-15(14)20-2)8-9-17-16(18)11-12-4-3-5-12/h6-7,10,12H,3-5,8-9,11H2,1-2H3,(H,17,18). The third kappa shape index (κ3) is 3.89. The van der Waals surface area contributed by atoms with E-state index in [0.29, 0.717) is 18.9 Å². The van der Waals surface area contributed by atoms with Crippen LogP contribution in [0.2, 0.25) is 0 Å². The second-order valence-corrected chi connectivity index (χ2v) is 5.29. The van der Waals surface area contributed by atoms with Crippen LogP contribution in [0.4, 0.5) is 0 Å². The summed E-state index contributed by atoms with van der Waals surface area (Å²) >= 11 is 0. The number of hydrogen-bond donors (Lipinski definition) is 1. The summed E-state index contributed by atoms with van der Waals surface area (Å²) in [7, 11) is 3.25. The number of ether oxygens (including phenoxy) is 2. The van der Waals surface area contributed by atoms with Gasteiger partial charge in [0.15, 0.2) is 11.5 Å². The minimum Gasteiger partial charge on any atom is -0.493 e. The van der Waals surface area contributed by atoms with Crippen molar-refractivity contribution in [2.24, 2.45) is 5.92 Å². The van der Waals surface area contributed by atoms with Crippen LogP contribution in [0.15, 0.2) is 18.2 Å². The molecule has 1 saturated carbocycles. The highest BCUT2D eigenvalue weighted by Crippen LogP contribution is 2.29. The topological polar surface area (TPSA) is 47.6 Å². The molecule has 0 aliphatic heterocycles. The number of amides is 1. The SMILES string of the molecule is COc1ccc(CCNC(=O)CC2CCC2)cc1OC. The molecule has 1 N–H and O–H groups in total. The molecule has 0 saturated heterocycles. The molecule has 4 heteroatoms. The van der Waals surface area contributed by atoms with Crippen molar-refractivity contribution in [1.29, 1.82) is 0 Å². The number of methoxy groups -OCH3 is 2. The fraction of sp³-hybridized carbons (Fsp3) is 0.562. The molecule has 0 radical (unpaired) electrons. The summed E-state index contributed by atoms with van der Waals surface area (Å²) in [5, 5.41) is 2.99. The van der Waals surface area contributed by atoms with Crippen LogP contribution >= 0.6 is 0 Å². The summed E-state index contributed by atoms with van der Waals surface area (Å²) < 4.78 is 10.5. The van der Waals surface area contributed by atoms with Gasteiger partial charge in [0.2, 0.25) is 5.91 Å². The van der Waals surface area contributed by atoms with Gasteiger partial charge in [-0.05, 0) is 42.9 Å². The second-order valence-electron chi connectivity index (χ2n) is 5.29. The summed E-state index contributed by atoms with van der Waals surface area (Å²) in [6, 6.07) is 5.85. The fourth-order valence-electron chi connectivity index (χ4n) is 2.41. The number of benzene rings is 1. The van der Waals surface area contributed by atoms with Gasteiger partial charge in [0, 0.05) is 13.0 Å². The molecule has 1 fully saturated rings. The average molecular weight is 277 g/mol. The molecule has 0 bridgehead atoms. The first-order valence-corrected chi connectivity index (χ1v) is 7.20. The van der Waals surface area contributed by atoms with E-state index in [1.807, 2.05) is 18.2 Å². The number of carbonyl (C=O) groups is 1. The van der Waals surface area contributed by atoms with Crippen molar-refractivity contribution in [2.45, 2.75) is 32.1 Å². The van der Waals surface area contributed by atoms with E-state index in [9.17, 15) is 4.79 Å². The van der Waals surface area contributed by atoms with Crippen molar-refractivity contribution in [1.82, 2.24) is 5.32 Å². The average Bonchev–Trinajstić information content (AvgIpc) is 2.42. The molecule has 1 aliphatic rings. The summed E-state index contributed by atoms with van der Waals surface area (Å²) in [4.78, 5) is 11.7. The van der Waals surface area contributed by atoms with Gasteiger partial charge in [0.1, 0.15) is 0 Å². The minimum absolute atomic E-state index is 0.176. The van der Waals surface area contributed by atoms with E-state index >= 15 is 0 Å². The molecular formula is C16H23NO3. The first-order chi connectivity index (χ1) is 9.72. The number of carbonyl (C=O) groups excluding carboxylic acids is 1. The minimum atomic E-state index is 0.176. The van der Waals surface area contributed by atoms with Gasteiger partial charge in [-0.25, -0.2) is 0 Å².